The summed E-state index contributed by atoms with van der Waals surface area (Å²) in [5, 5.41) is 9.94. The number of aliphatic hydroxyl groups is 1. The number of benzene rings is 1. The average molecular weight is 244 g/mol. The van der Waals surface area contributed by atoms with E-state index >= 15 is 0 Å². The van der Waals surface area contributed by atoms with Crippen molar-refractivity contribution in [3.8, 4) is 0 Å². The van der Waals surface area contributed by atoms with Crippen molar-refractivity contribution in [1.82, 2.24) is 0 Å². The van der Waals surface area contributed by atoms with E-state index in [1.807, 2.05) is 24.3 Å². The molecule has 0 spiro atoms. The lowest BCUT2D eigenvalue weighted by atomic mass is 9.66. The molecule has 1 aromatic rings. The lowest BCUT2D eigenvalue weighted by molar-refractivity contribution is -0.120. The number of hydrogen-bond donors (Lipinski definition) is 1. The highest BCUT2D eigenvalue weighted by molar-refractivity contribution is 6.06. The average Bonchev–Trinajstić information content (AvgIpc) is 2.37. The van der Waals surface area contributed by atoms with Crippen LogP contribution in [0.2, 0.25) is 0 Å². The van der Waals surface area contributed by atoms with Crippen molar-refractivity contribution in [3.05, 3.63) is 41.5 Å². The van der Waals surface area contributed by atoms with Gasteiger partial charge >= 0.3 is 0 Å². The summed E-state index contributed by atoms with van der Waals surface area (Å²) in [6.07, 6.45) is 5.04. The van der Waals surface area contributed by atoms with Crippen LogP contribution >= 0.6 is 0 Å². The molecule has 1 aliphatic rings. The second-order valence-electron chi connectivity index (χ2n) is 5.02. The highest BCUT2D eigenvalue weighted by Gasteiger charge is 2.41. The summed E-state index contributed by atoms with van der Waals surface area (Å²) in [4.78, 5) is 12.4. The van der Waals surface area contributed by atoms with Crippen molar-refractivity contribution in [1.29, 1.82) is 0 Å². The first kappa shape index (κ1) is 12.9. The highest BCUT2D eigenvalue weighted by atomic mass is 16.3. The van der Waals surface area contributed by atoms with Gasteiger partial charge in [0.1, 0.15) is 5.76 Å². The number of rotatable bonds is 4. The maximum atomic E-state index is 12.4. The van der Waals surface area contributed by atoms with Gasteiger partial charge in [0.2, 0.25) is 0 Å². The number of fused-ring (bicyclic) bond motifs is 1. The first-order valence-corrected chi connectivity index (χ1v) is 6.70. The van der Waals surface area contributed by atoms with Gasteiger partial charge in [-0.25, -0.2) is 0 Å². The Kier molecular flexibility index (Phi) is 3.55. The van der Waals surface area contributed by atoms with Crippen LogP contribution in [0, 0.1) is 0 Å². The summed E-state index contributed by atoms with van der Waals surface area (Å²) < 4.78 is 0. The number of hydrogen-bond acceptors (Lipinski definition) is 2. The molecular formula is C16H20O2. The molecule has 2 nitrogen and oxygen atoms in total. The largest absolute Gasteiger partial charge is 0.507 e. The van der Waals surface area contributed by atoms with E-state index < -0.39 is 5.41 Å². The van der Waals surface area contributed by atoms with Crippen LogP contribution in [0.5, 0.6) is 0 Å². The van der Waals surface area contributed by atoms with E-state index in [1.165, 1.54) is 6.08 Å². The van der Waals surface area contributed by atoms with Crippen LogP contribution in [-0.2, 0) is 10.2 Å². The van der Waals surface area contributed by atoms with Gasteiger partial charge in [0.15, 0.2) is 5.78 Å². The third-order valence-corrected chi connectivity index (χ3v) is 3.81. The fourth-order valence-electron chi connectivity index (χ4n) is 3.09. The van der Waals surface area contributed by atoms with Crippen LogP contribution in [0.1, 0.15) is 50.7 Å². The molecule has 1 aliphatic carbocycles. The molecule has 0 heterocycles. The van der Waals surface area contributed by atoms with E-state index in [0.717, 1.165) is 36.8 Å². The third-order valence-electron chi connectivity index (χ3n) is 3.81. The number of carbonyl (C=O) groups excluding carboxylic acids is 1. The fraction of sp³-hybridized carbons (Fsp3) is 0.438. The second-order valence-corrected chi connectivity index (χ2v) is 5.02. The minimum absolute atomic E-state index is 0.0578. The Labute approximate surface area is 108 Å². The van der Waals surface area contributed by atoms with E-state index in [0.29, 0.717) is 0 Å². The van der Waals surface area contributed by atoms with Gasteiger partial charge in [0.05, 0.1) is 5.41 Å². The molecule has 0 aliphatic heterocycles. The van der Waals surface area contributed by atoms with Crippen molar-refractivity contribution >= 4 is 11.5 Å². The molecule has 0 amide bonds. The number of aliphatic hydroxyl groups excluding tert-OH is 1. The van der Waals surface area contributed by atoms with Crippen molar-refractivity contribution in [2.75, 3.05) is 0 Å². The van der Waals surface area contributed by atoms with Gasteiger partial charge < -0.3 is 5.11 Å². The van der Waals surface area contributed by atoms with Crippen LogP contribution in [0.4, 0.5) is 0 Å². The first-order valence-electron chi connectivity index (χ1n) is 6.70. The zero-order valence-corrected chi connectivity index (χ0v) is 11.1. The van der Waals surface area contributed by atoms with Gasteiger partial charge in [-0.05, 0) is 18.4 Å². The van der Waals surface area contributed by atoms with Crippen molar-refractivity contribution < 1.29 is 9.90 Å². The summed E-state index contributed by atoms with van der Waals surface area (Å²) in [7, 11) is 0. The molecule has 18 heavy (non-hydrogen) atoms. The molecule has 1 aromatic carbocycles. The monoisotopic (exact) mass is 244 g/mol. The van der Waals surface area contributed by atoms with Crippen LogP contribution in [0.25, 0.3) is 5.76 Å². The normalized spacial score (nSPS) is 17.2. The van der Waals surface area contributed by atoms with Crippen LogP contribution in [-0.4, -0.2) is 10.9 Å². The van der Waals surface area contributed by atoms with Crippen molar-refractivity contribution in [3.63, 3.8) is 0 Å². The summed E-state index contributed by atoms with van der Waals surface area (Å²) in [5.41, 5.74) is 1.39. The molecule has 0 saturated heterocycles. The van der Waals surface area contributed by atoms with E-state index in [4.69, 9.17) is 0 Å². The van der Waals surface area contributed by atoms with Gasteiger partial charge in [-0.3, -0.25) is 4.79 Å². The van der Waals surface area contributed by atoms with Crippen LogP contribution < -0.4 is 0 Å². The predicted octanol–water partition coefficient (Wildman–Crippen LogP) is 4.01. The molecule has 0 bridgehead atoms. The van der Waals surface area contributed by atoms with Gasteiger partial charge in [0.25, 0.3) is 0 Å². The molecule has 0 aromatic heterocycles. The second kappa shape index (κ2) is 4.97. The lowest BCUT2D eigenvalue weighted by Crippen LogP contribution is -2.38. The smallest absolute Gasteiger partial charge is 0.169 e. The van der Waals surface area contributed by atoms with Gasteiger partial charge in [0, 0.05) is 11.6 Å². The molecular weight excluding hydrogens is 224 g/mol. The molecule has 0 unspecified atom stereocenters. The topological polar surface area (TPSA) is 37.3 Å². The van der Waals surface area contributed by atoms with Crippen LogP contribution in [0.15, 0.2) is 30.3 Å². The summed E-state index contributed by atoms with van der Waals surface area (Å²) in [6, 6.07) is 7.74. The molecule has 0 fully saturated rings. The Morgan fingerprint density at radius 3 is 2.33 bits per heavy atom. The SMILES string of the molecule is CCCC1(CCC)C(=O)C=C(O)c2ccccc21. The predicted molar refractivity (Wildman–Crippen MR) is 73.5 cm³/mol. The maximum absolute atomic E-state index is 12.4. The molecule has 0 radical (unpaired) electrons. The summed E-state index contributed by atoms with van der Waals surface area (Å²) in [5.74, 6) is 0.167. The van der Waals surface area contributed by atoms with Gasteiger partial charge in [-0.15, -0.1) is 0 Å². The molecule has 1 N–H and O–H groups in total. The molecule has 0 saturated carbocycles. The zero-order chi connectivity index (χ0) is 13.2. The fourth-order valence-corrected chi connectivity index (χ4v) is 3.09. The van der Waals surface area contributed by atoms with E-state index in [2.05, 4.69) is 13.8 Å². The van der Waals surface area contributed by atoms with E-state index in [-0.39, 0.29) is 11.5 Å². The summed E-state index contributed by atoms with van der Waals surface area (Å²) in [6.45, 7) is 4.21. The minimum Gasteiger partial charge on any atom is -0.507 e. The quantitative estimate of drug-likeness (QED) is 0.869. The number of carbonyl (C=O) groups is 1. The van der Waals surface area contributed by atoms with Crippen LogP contribution in [0.3, 0.4) is 0 Å². The molecule has 2 rings (SSSR count). The minimum atomic E-state index is -0.424. The van der Waals surface area contributed by atoms with E-state index in [9.17, 15) is 9.90 Å². The number of allylic oxidation sites excluding steroid dienone is 1. The van der Waals surface area contributed by atoms with E-state index in [1.54, 1.807) is 0 Å². The first-order chi connectivity index (χ1) is 8.65. The van der Waals surface area contributed by atoms with Crippen molar-refractivity contribution in [2.24, 2.45) is 0 Å². The van der Waals surface area contributed by atoms with Crippen molar-refractivity contribution in [2.45, 2.75) is 44.9 Å². The Balaban J connectivity index is 2.62. The Morgan fingerprint density at radius 1 is 1.11 bits per heavy atom. The molecule has 96 valence electrons. The summed E-state index contributed by atoms with van der Waals surface area (Å²) >= 11 is 0. The molecule has 2 heteroatoms. The Hall–Kier alpha value is -1.57. The third kappa shape index (κ3) is 1.86. The van der Waals surface area contributed by atoms with Gasteiger partial charge in [-0.1, -0.05) is 51.0 Å². The number of ketones is 1. The highest BCUT2D eigenvalue weighted by Crippen LogP contribution is 2.42. The Bertz CT molecular complexity index is 480. The lowest BCUT2D eigenvalue weighted by Gasteiger charge is -2.36. The molecule has 0 atom stereocenters. The Morgan fingerprint density at radius 2 is 1.72 bits per heavy atom. The standard InChI is InChI=1S/C16H20O2/c1-3-9-16(10-4-2)13-8-6-5-7-12(13)14(17)11-15(16)18/h5-8,11,17H,3-4,9-10H2,1-2H3. The van der Waals surface area contributed by atoms with Gasteiger partial charge in [-0.2, -0.15) is 0 Å². The zero-order valence-electron chi connectivity index (χ0n) is 11.1. The maximum Gasteiger partial charge on any atom is 0.169 e.